The molecule has 0 bridgehead atoms. The fourth-order valence-corrected chi connectivity index (χ4v) is 4.18. The molecule has 2 aliphatic rings. The van der Waals surface area contributed by atoms with E-state index in [9.17, 15) is 4.79 Å². The monoisotopic (exact) mass is 380 g/mol. The number of carbonyl (C=O) groups is 1. The first-order valence-electron chi connectivity index (χ1n) is 7.85. The Hall–Kier alpha value is -1.26. The van der Waals surface area contributed by atoms with Crippen LogP contribution in [0.4, 0.5) is 5.69 Å². The van der Waals surface area contributed by atoms with Gasteiger partial charge in [0.1, 0.15) is 6.17 Å². The van der Waals surface area contributed by atoms with Gasteiger partial charge in [0, 0.05) is 17.3 Å². The van der Waals surface area contributed by atoms with Gasteiger partial charge in [-0.2, -0.15) is 0 Å². The van der Waals surface area contributed by atoms with E-state index in [1.54, 1.807) is 12.1 Å². The van der Waals surface area contributed by atoms with Gasteiger partial charge in [0.25, 0.3) is 0 Å². The lowest BCUT2D eigenvalue weighted by atomic mass is 10.1. The summed E-state index contributed by atoms with van der Waals surface area (Å²) in [5, 5.41) is 1.59. The third-order valence-corrected chi connectivity index (χ3v) is 5.68. The molecule has 2 heterocycles. The van der Waals surface area contributed by atoms with Crippen molar-refractivity contribution in [1.82, 2.24) is 4.90 Å². The van der Waals surface area contributed by atoms with Crippen LogP contribution in [0.15, 0.2) is 42.5 Å². The molecule has 2 fully saturated rings. The van der Waals surface area contributed by atoms with Crippen LogP contribution in [0.2, 0.25) is 15.1 Å². The number of fused-ring (bicyclic) bond motifs is 1. The first-order chi connectivity index (χ1) is 11.6. The van der Waals surface area contributed by atoms with Gasteiger partial charge in [0.05, 0.1) is 16.1 Å². The summed E-state index contributed by atoms with van der Waals surface area (Å²) in [6.45, 7) is 0.894. The Bertz CT molecular complexity index is 811. The molecule has 6 heteroatoms. The average Bonchev–Trinajstić information content (AvgIpc) is 3.12. The van der Waals surface area contributed by atoms with Crippen LogP contribution in [-0.4, -0.2) is 23.4 Å². The predicted molar refractivity (Wildman–Crippen MR) is 97.9 cm³/mol. The second kappa shape index (κ2) is 6.23. The number of benzene rings is 2. The molecule has 0 saturated carbocycles. The maximum Gasteiger partial charge on any atom is 0.246 e. The van der Waals surface area contributed by atoms with Gasteiger partial charge in [-0.05, 0) is 48.7 Å². The summed E-state index contributed by atoms with van der Waals surface area (Å²) in [6, 6.07) is 12.9. The fraction of sp³-hybridized carbons (Fsp3) is 0.278. The Morgan fingerprint density at radius 3 is 2.58 bits per heavy atom. The van der Waals surface area contributed by atoms with E-state index in [1.165, 1.54) is 0 Å². The lowest BCUT2D eigenvalue weighted by Gasteiger charge is -2.30. The highest BCUT2D eigenvalue weighted by molar-refractivity contribution is 6.42. The Morgan fingerprint density at radius 1 is 1.00 bits per heavy atom. The van der Waals surface area contributed by atoms with Gasteiger partial charge in [0.2, 0.25) is 5.91 Å². The lowest BCUT2D eigenvalue weighted by Crippen LogP contribution is -2.32. The zero-order valence-corrected chi connectivity index (χ0v) is 15.0. The quantitative estimate of drug-likeness (QED) is 0.717. The number of nitrogens with zero attached hydrogens (tertiary/aromatic N) is 2. The van der Waals surface area contributed by atoms with Crippen molar-refractivity contribution in [1.29, 1.82) is 0 Å². The van der Waals surface area contributed by atoms with Crippen LogP contribution in [0.5, 0.6) is 0 Å². The van der Waals surface area contributed by atoms with Crippen LogP contribution in [0.25, 0.3) is 0 Å². The molecule has 1 amide bonds. The van der Waals surface area contributed by atoms with E-state index in [-0.39, 0.29) is 18.1 Å². The second-order valence-corrected chi connectivity index (χ2v) is 7.38. The molecule has 0 N–H and O–H groups in total. The molecule has 2 saturated heterocycles. The zero-order valence-electron chi connectivity index (χ0n) is 12.8. The highest BCUT2D eigenvalue weighted by Crippen LogP contribution is 2.43. The fourth-order valence-electron chi connectivity index (χ4n) is 3.69. The molecule has 0 aliphatic carbocycles. The largest absolute Gasteiger partial charge is 0.290 e. The summed E-state index contributed by atoms with van der Waals surface area (Å²) in [5.41, 5.74) is 1.76. The van der Waals surface area contributed by atoms with Crippen LogP contribution in [0.1, 0.15) is 24.6 Å². The third kappa shape index (κ3) is 2.60. The molecule has 0 spiro atoms. The van der Waals surface area contributed by atoms with Crippen LogP contribution in [0, 0.1) is 0 Å². The molecule has 0 aromatic heterocycles. The maximum atomic E-state index is 13.0. The molecule has 3 nitrogen and oxygen atoms in total. The highest BCUT2D eigenvalue weighted by atomic mass is 35.5. The third-order valence-electron chi connectivity index (χ3n) is 4.70. The highest BCUT2D eigenvalue weighted by Gasteiger charge is 2.49. The minimum absolute atomic E-state index is 0.0802. The Kier molecular flexibility index (Phi) is 4.21. The summed E-state index contributed by atoms with van der Waals surface area (Å²) in [7, 11) is 0. The van der Waals surface area contributed by atoms with Gasteiger partial charge in [-0.1, -0.05) is 46.9 Å². The SMILES string of the molecule is O=C1C2CCCN2C(c2cccc(Cl)c2)N1c1ccc(Cl)c(Cl)c1. The van der Waals surface area contributed by atoms with Gasteiger partial charge in [0.15, 0.2) is 0 Å². The van der Waals surface area contributed by atoms with Crippen molar-refractivity contribution >= 4 is 46.4 Å². The van der Waals surface area contributed by atoms with Crippen molar-refractivity contribution in [3.63, 3.8) is 0 Å². The maximum absolute atomic E-state index is 13.0. The summed E-state index contributed by atoms with van der Waals surface area (Å²) in [5.74, 6) is 0.107. The van der Waals surface area contributed by atoms with E-state index in [0.717, 1.165) is 30.6 Å². The number of hydrogen-bond donors (Lipinski definition) is 0. The van der Waals surface area contributed by atoms with Crippen LogP contribution in [0.3, 0.4) is 0 Å². The molecule has 24 heavy (non-hydrogen) atoms. The van der Waals surface area contributed by atoms with Gasteiger partial charge < -0.3 is 0 Å². The Labute approximate surface area is 155 Å². The normalized spacial score (nSPS) is 23.8. The molecule has 0 radical (unpaired) electrons. The van der Waals surface area contributed by atoms with E-state index >= 15 is 0 Å². The molecular weight excluding hydrogens is 367 g/mol. The van der Waals surface area contributed by atoms with E-state index in [0.29, 0.717) is 15.1 Å². The first-order valence-corrected chi connectivity index (χ1v) is 8.99. The standard InChI is InChI=1S/C18H15Cl3N2O/c19-12-4-1-3-11(9-12)17-22-8-2-5-16(22)18(24)23(17)13-6-7-14(20)15(21)10-13/h1,3-4,6-7,9-10,16-17H,2,5,8H2. The number of halogens is 3. The number of anilines is 1. The van der Waals surface area contributed by atoms with Gasteiger partial charge >= 0.3 is 0 Å². The topological polar surface area (TPSA) is 23.6 Å². The molecule has 2 aromatic carbocycles. The van der Waals surface area contributed by atoms with Crippen LogP contribution in [-0.2, 0) is 4.79 Å². The molecule has 4 rings (SSSR count). The molecule has 2 aromatic rings. The average molecular weight is 382 g/mol. The molecule has 2 unspecified atom stereocenters. The molecule has 124 valence electrons. The van der Waals surface area contributed by atoms with Gasteiger partial charge in [-0.25, -0.2) is 0 Å². The minimum Gasteiger partial charge on any atom is -0.290 e. The Balaban J connectivity index is 1.83. The summed E-state index contributed by atoms with van der Waals surface area (Å²) < 4.78 is 0. The summed E-state index contributed by atoms with van der Waals surface area (Å²) in [6.07, 6.45) is 1.75. The van der Waals surface area contributed by atoms with Crippen molar-refractivity contribution in [3.8, 4) is 0 Å². The van der Waals surface area contributed by atoms with Crippen LogP contribution < -0.4 is 4.90 Å². The van der Waals surface area contributed by atoms with Crippen molar-refractivity contribution in [2.24, 2.45) is 0 Å². The number of rotatable bonds is 2. The smallest absolute Gasteiger partial charge is 0.246 e. The van der Waals surface area contributed by atoms with Gasteiger partial charge in [-0.3, -0.25) is 14.6 Å². The molecule has 2 atom stereocenters. The second-order valence-electron chi connectivity index (χ2n) is 6.13. The van der Waals surface area contributed by atoms with Gasteiger partial charge in [-0.15, -0.1) is 0 Å². The van der Waals surface area contributed by atoms with Crippen LogP contribution >= 0.6 is 34.8 Å². The molecular formula is C18H15Cl3N2O. The van der Waals surface area contributed by atoms with Crippen molar-refractivity contribution < 1.29 is 4.79 Å². The predicted octanol–water partition coefficient (Wildman–Crippen LogP) is 5.16. The summed E-state index contributed by atoms with van der Waals surface area (Å²) >= 11 is 18.4. The van der Waals surface area contributed by atoms with E-state index in [4.69, 9.17) is 34.8 Å². The minimum atomic E-state index is -0.166. The Morgan fingerprint density at radius 2 is 1.83 bits per heavy atom. The number of carbonyl (C=O) groups excluding carboxylic acids is 1. The number of amides is 1. The van der Waals surface area contributed by atoms with E-state index in [1.807, 2.05) is 35.2 Å². The first kappa shape index (κ1) is 16.2. The van der Waals surface area contributed by atoms with E-state index in [2.05, 4.69) is 4.90 Å². The molecule has 2 aliphatic heterocycles. The van der Waals surface area contributed by atoms with Crippen molar-refractivity contribution in [3.05, 3.63) is 63.1 Å². The van der Waals surface area contributed by atoms with Crippen molar-refractivity contribution in [2.75, 3.05) is 11.4 Å². The lowest BCUT2D eigenvalue weighted by molar-refractivity contribution is -0.119. The number of hydrogen-bond acceptors (Lipinski definition) is 2. The zero-order chi connectivity index (χ0) is 16.8. The van der Waals surface area contributed by atoms with Crippen molar-refractivity contribution in [2.45, 2.75) is 25.0 Å². The van der Waals surface area contributed by atoms with E-state index < -0.39 is 0 Å². The summed E-state index contributed by atoms with van der Waals surface area (Å²) in [4.78, 5) is 17.1.